The zero-order valence-corrected chi connectivity index (χ0v) is 10.3. The number of aromatic nitrogens is 2. The number of carbonyl (C=O) groups is 3. The van der Waals surface area contributed by atoms with Crippen LogP contribution in [0.25, 0.3) is 5.52 Å². The normalized spacial score (nSPS) is 10.4. The van der Waals surface area contributed by atoms with Gasteiger partial charge in [0.15, 0.2) is 0 Å². The van der Waals surface area contributed by atoms with Gasteiger partial charge in [0, 0.05) is 6.20 Å². The van der Waals surface area contributed by atoms with E-state index in [1.54, 1.807) is 24.4 Å². The van der Waals surface area contributed by atoms with E-state index >= 15 is 0 Å². The number of carboxylic acid groups (broad SMARTS) is 2. The van der Waals surface area contributed by atoms with Crippen LogP contribution in [0.1, 0.15) is 10.4 Å². The third-order valence-corrected chi connectivity index (χ3v) is 2.60. The van der Waals surface area contributed by atoms with E-state index < -0.39 is 30.9 Å². The maximum absolute atomic E-state index is 12.2. The summed E-state index contributed by atoms with van der Waals surface area (Å²) in [6, 6.07) is 5.06. The summed E-state index contributed by atoms with van der Waals surface area (Å²) in [5.41, 5.74) is 0.645. The van der Waals surface area contributed by atoms with Crippen molar-refractivity contribution in [2.75, 3.05) is 13.1 Å². The van der Waals surface area contributed by atoms with Crippen molar-refractivity contribution >= 4 is 23.4 Å². The Morgan fingerprint density at radius 3 is 2.40 bits per heavy atom. The number of hydrogen-bond acceptors (Lipinski definition) is 4. The third-order valence-electron chi connectivity index (χ3n) is 2.60. The molecule has 20 heavy (non-hydrogen) atoms. The molecule has 2 rings (SSSR count). The van der Waals surface area contributed by atoms with Crippen molar-refractivity contribution in [3.05, 3.63) is 36.2 Å². The minimum atomic E-state index is -1.28. The van der Waals surface area contributed by atoms with Crippen molar-refractivity contribution in [1.29, 1.82) is 0 Å². The molecule has 0 radical (unpaired) electrons. The molecule has 0 fully saturated rings. The lowest BCUT2D eigenvalue weighted by Gasteiger charge is -2.17. The number of rotatable bonds is 5. The molecule has 8 heteroatoms. The number of carboxylic acids is 2. The Morgan fingerprint density at radius 1 is 1.15 bits per heavy atom. The Morgan fingerprint density at radius 2 is 1.80 bits per heavy atom. The van der Waals surface area contributed by atoms with Gasteiger partial charge in [0.25, 0.3) is 5.91 Å². The van der Waals surface area contributed by atoms with Crippen LogP contribution in [-0.2, 0) is 9.59 Å². The van der Waals surface area contributed by atoms with E-state index in [-0.39, 0.29) is 5.56 Å². The molecule has 0 unspecified atom stereocenters. The van der Waals surface area contributed by atoms with Crippen molar-refractivity contribution in [3.63, 3.8) is 0 Å². The Bertz CT molecular complexity index is 663. The van der Waals surface area contributed by atoms with Crippen molar-refractivity contribution in [1.82, 2.24) is 14.5 Å². The van der Waals surface area contributed by atoms with Crippen LogP contribution in [0.3, 0.4) is 0 Å². The molecule has 0 saturated heterocycles. The Hall–Kier alpha value is -2.90. The lowest BCUT2D eigenvalue weighted by molar-refractivity contribution is -0.140. The quantitative estimate of drug-likeness (QED) is 0.792. The van der Waals surface area contributed by atoms with Gasteiger partial charge in [0.2, 0.25) is 0 Å². The van der Waals surface area contributed by atoms with Crippen LogP contribution in [0.2, 0.25) is 0 Å². The Kier molecular flexibility index (Phi) is 3.65. The van der Waals surface area contributed by atoms with Gasteiger partial charge in [-0.25, -0.2) is 4.52 Å². The van der Waals surface area contributed by atoms with Gasteiger partial charge in [-0.15, -0.1) is 0 Å². The molecule has 0 aliphatic rings. The lowest BCUT2D eigenvalue weighted by Crippen LogP contribution is -2.39. The van der Waals surface area contributed by atoms with Gasteiger partial charge in [0.1, 0.15) is 13.1 Å². The van der Waals surface area contributed by atoms with Crippen LogP contribution >= 0.6 is 0 Å². The van der Waals surface area contributed by atoms with Crippen LogP contribution < -0.4 is 0 Å². The number of carbonyl (C=O) groups excluding carboxylic acids is 1. The molecule has 0 aliphatic carbocycles. The lowest BCUT2D eigenvalue weighted by atomic mass is 10.2. The molecular formula is C12H11N3O5. The van der Waals surface area contributed by atoms with E-state index in [2.05, 4.69) is 5.10 Å². The summed E-state index contributed by atoms with van der Waals surface area (Å²) >= 11 is 0. The fourth-order valence-corrected chi connectivity index (χ4v) is 1.80. The van der Waals surface area contributed by atoms with Gasteiger partial charge in [-0.2, -0.15) is 5.10 Å². The van der Waals surface area contributed by atoms with Gasteiger partial charge in [-0.1, -0.05) is 6.07 Å². The van der Waals surface area contributed by atoms with E-state index in [0.29, 0.717) is 5.52 Å². The monoisotopic (exact) mass is 277 g/mol. The van der Waals surface area contributed by atoms with Crippen LogP contribution in [0, 0.1) is 0 Å². The zero-order chi connectivity index (χ0) is 14.7. The number of pyridine rings is 1. The predicted molar refractivity (Wildman–Crippen MR) is 66.4 cm³/mol. The molecule has 0 aromatic carbocycles. The van der Waals surface area contributed by atoms with E-state index in [4.69, 9.17) is 10.2 Å². The molecule has 0 bridgehead atoms. The third kappa shape index (κ3) is 2.74. The number of aliphatic carboxylic acids is 2. The first-order chi connectivity index (χ1) is 9.49. The molecule has 0 spiro atoms. The van der Waals surface area contributed by atoms with Gasteiger partial charge >= 0.3 is 11.9 Å². The summed E-state index contributed by atoms with van der Waals surface area (Å²) < 4.78 is 1.45. The fourth-order valence-electron chi connectivity index (χ4n) is 1.80. The number of nitrogens with zero attached hydrogens (tertiary/aromatic N) is 3. The highest BCUT2D eigenvalue weighted by molar-refractivity contribution is 6.02. The topological polar surface area (TPSA) is 112 Å². The molecule has 0 saturated carbocycles. The van der Waals surface area contributed by atoms with Crippen LogP contribution in [0.5, 0.6) is 0 Å². The van der Waals surface area contributed by atoms with Crippen molar-refractivity contribution in [2.24, 2.45) is 0 Å². The minimum absolute atomic E-state index is 0.160. The van der Waals surface area contributed by atoms with Crippen molar-refractivity contribution < 1.29 is 24.6 Å². The second-order valence-corrected chi connectivity index (χ2v) is 4.04. The van der Waals surface area contributed by atoms with Crippen LogP contribution in [0.4, 0.5) is 0 Å². The molecule has 2 aromatic heterocycles. The highest BCUT2D eigenvalue weighted by atomic mass is 16.4. The number of amides is 1. The fraction of sp³-hybridized carbons (Fsp3) is 0.167. The van der Waals surface area contributed by atoms with Gasteiger partial charge in [-0.3, -0.25) is 14.4 Å². The highest BCUT2D eigenvalue weighted by Crippen LogP contribution is 2.12. The Labute approximate surface area is 112 Å². The van der Waals surface area contributed by atoms with Crippen LogP contribution in [0.15, 0.2) is 30.6 Å². The average Bonchev–Trinajstić information content (AvgIpc) is 2.79. The second-order valence-electron chi connectivity index (χ2n) is 4.04. The smallest absolute Gasteiger partial charge is 0.323 e. The highest BCUT2D eigenvalue weighted by Gasteiger charge is 2.23. The Balaban J connectivity index is 2.35. The summed E-state index contributed by atoms with van der Waals surface area (Å²) in [6.45, 7) is -1.37. The van der Waals surface area contributed by atoms with E-state index in [0.717, 1.165) is 4.90 Å². The summed E-state index contributed by atoms with van der Waals surface area (Å²) in [5.74, 6) is -3.25. The summed E-state index contributed by atoms with van der Waals surface area (Å²) in [4.78, 5) is 34.4. The van der Waals surface area contributed by atoms with E-state index in [9.17, 15) is 14.4 Å². The van der Waals surface area contributed by atoms with E-state index in [1.165, 1.54) is 10.7 Å². The second kappa shape index (κ2) is 5.39. The van der Waals surface area contributed by atoms with Crippen molar-refractivity contribution in [2.45, 2.75) is 0 Å². The maximum Gasteiger partial charge on any atom is 0.323 e. The molecule has 1 amide bonds. The molecule has 2 aromatic rings. The molecule has 8 nitrogen and oxygen atoms in total. The SMILES string of the molecule is O=C(O)CN(CC(=O)O)C(=O)c1cnn2ccccc12. The first kappa shape index (κ1) is 13.5. The first-order valence-electron chi connectivity index (χ1n) is 5.64. The van der Waals surface area contributed by atoms with Crippen molar-refractivity contribution in [3.8, 4) is 0 Å². The molecule has 2 N–H and O–H groups in total. The summed E-state index contributed by atoms with van der Waals surface area (Å²) in [7, 11) is 0. The molecule has 104 valence electrons. The zero-order valence-electron chi connectivity index (χ0n) is 10.3. The summed E-state index contributed by atoms with van der Waals surface area (Å²) in [5, 5.41) is 21.5. The van der Waals surface area contributed by atoms with E-state index in [1.807, 2.05) is 0 Å². The van der Waals surface area contributed by atoms with Crippen LogP contribution in [-0.4, -0.2) is 55.7 Å². The molecular weight excluding hydrogens is 266 g/mol. The molecule has 0 aliphatic heterocycles. The maximum atomic E-state index is 12.2. The predicted octanol–water partition coefficient (Wildman–Crippen LogP) is -0.0543. The summed E-state index contributed by atoms with van der Waals surface area (Å²) in [6.07, 6.45) is 2.92. The number of fused-ring (bicyclic) bond motifs is 1. The molecule has 0 atom stereocenters. The van der Waals surface area contributed by atoms with Gasteiger partial charge < -0.3 is 15.1 Å². The largest absolute Gasteiger partial charge is 0.480 e. The molecule has 2 heterocycles. The first-order valence-corrected chi connectivity index (χ1v) is 5.64. The van der Waals surface area contributed by atoms with Gasteiger partial charge in [0.05, 0.1) is 17.3 Å². The standard InChI is InChI=1S/C12H11N3O5/c16-10(17)6-14(7-11(18)19)12(20)8-5-13-15-4-2-1-3-9(8)15/h1-5H,6-7H2,(H,16,17)(H,18,19). The number of hydrogen-bond donors (Lipinski definition) is 2. The average molecular weight is 277 g/mol. The van der Waals surface area contributed by atoms with Gasteiger partial charge in [-0.05, 0) is 12.1 Å². The minimum Gasteiger partial charge on any atom is -0.480 e.